The van der Waals surface area contributed by atoms with E-state index in [1.54, 1.807) is 12.4 Å². The average molecular weight is 362 g/mol. The second-order valence-corrected chi connectivity index (χ2v) is 7.78. The Balaban J connectivity index is 1.71. The molecule has 2 heterocycles. The molecule has 0 bridgehead atoms. The standard InChI is InChI=1S/C19H30N4O3/c1-19(2,3)14-23-10-9-22-18(25)16(23)12-17(24)21-8-5-11-26-15-6-4-7-20-13-15/h4,6-7,13,16H,5,8-12,14H2,1-3H3,(H,21,24)(H,22,25). The molecule has 1 fully saturated rings. The third-order valence-electron chi connectivity index (χ3n) is 4.04. The van der Waals surface area contributed by atoms with Crippen LogP contribution in [0.1, 0.15) is 33.6 Å². The average Bonchev–Trinajstić information content (AvgIpc) is 2.57. The molecule has 0 radical (unpaired) electrons. The van der Waals surface area contributed by atoms with E-state index in [0.717, 1.165) is 18.8 Å². The number of aromatic nitrogens is 1. The molecular weight excluding hydrogens is 332 g/mol. The molecule has 1 saturated heterocycles. The van der Waals surface area contributed by atoms with Crippen LogP contribution in [0.4, 0.5) is 0 Å². The monoisotopic (exact) mass is 362 g/mol. The summed E-state index contributed by atoms with van der Waals surface area (Å²) in [5.41, 5.74) is 0.0793. The van der Waals surface area contributed by atoms with Crippen molar-refractivity contribution in [1.29, 1.82) is 0 Å². The highest BCUT2D eigenvalue weighted by Gasteiger charge is 2.33. The molecule has 0 spiro atoms. The maximum absolute atomic E-state index is 12.2. The van der Waals surface area contributed by atoms with Crippen molar-refractivity contribution in [3.05, 3.63) is 24.5 Å². The van der Waals surface area contributed by atoms with E-state index in [2.05, 4.69) is 41.3 Å². The second-order valence-electron chi connectivity index (χ2n) is 7.78. The van der Waals surface area contributed by atoms with Crippen LogP contribution in [0.15, 0.2) is 24.5 Å². The molecule has 2 N–H and O–H groups in total. The lowest BCUT2D eigenvalue weighted by molar-refractivity contribution is -0.134. The van der Waals surface area contributed by atoms with Crippen LogP contribution in [0.2, 0.25) is 0 Å². The summed E-state index contributed by atoms with van der Waals surface area (Å²) in [5, 5.41) is 5.74. The summed E-state index contributed by atoms with van der Waals surface area (Å²) in [6.07, 6.45) is 4.23. The van der Waals surface area contributed by atoms with Gasteiger partial charge in [-0.05, 0) is 24.0 Å². The van der Waals surface area contributed by atoms with Crippen LogP contribution >= 0.6 is 0 Å². The Labute approximate surface area is 155 Å². The number of carbonyl (C=O) groups excluding carboxylic acids is 2. The van der Waals surface area contributed by atoms with E-state index < -0.39 is 6.04 Å². The smallest absolute Gasteiger partial charge is 0.237 e. The first-order valence-corrected chi connectivity index (χ1v) is 9.16. The highest BCUT2D eigenvalue weighted by Crippen LogP contribution is 2.19. The number of rotatable bonds is 8. The van der Waals surface area contributed by atoms with Gasteiger partial charge in [0.05, 0.1) is 25.3 Å². The molecule has 1 unspecified atom stereocenters. The number of nitrogens with zero attached hydrogens (tertiary/aromatic N) is 2. The molecule has 26 heavy (non-hydrogen) atoms. The van der Waals surface area contributed by atoms with Crippen LogP contribution in [-0.2, 0) is 9.59 Å². The van der Waals surface area contributed by atoms with Crippen LogP contribution in [0.3, 0.4) is 0 Å². The molecule has 0 saturated carbocycles. The first kappa shape index (κ1) is 20.2. The maximum atomic E-state index is 12.2. The molecule has 1 atom stereocenters. The van der Waals surface area contributed by atoms with Gasteiger partial charge in [0.2, 0.25) is 11.8 Å². The zero-order chi connectivity index (χ0) is 19.0. The van der Waals surface area contributed by atoms with Crippen LogP contribution in [0.25, 0.3) is 0 Å². The van der Waals surface area contributed by atoms with Crippen LogP contribution < -0.4 is 15.4 Å². The summed E-state index contributed by atoms with van der Waals surface area (Å²) in [5.74, 6) is 0.554. The van der Waals surface area contributed by atoms with E-state index in [4.69, 9.17) is 4.74 Å². The summed E-state index contributed by atoms with van der Waals surface area (Å²) < 4.78 is 5.54. The second kappa shape index (κ2) is 9.52. The Morgan fingerprint density at radius 2 is 2.27 bits per heavy atom. The number of pyridine rings is 1. The van der Waals surface area contributed by atoms with E-state index >= 15 is 0 Å². The molecule has 7 heteroatoms. The first-order chi connectivity index (χ1) is 12.3. The molecule has 0 aromatic carbocycles. The largest absolute Gasteiger partial charge is 0.492 e. The molecule has 7 nitrogen and oxygen atoms in total. The quantitative estimate of drug-likeness (QED) is 0.679. The first-order valence-electron chi connectivity index (χ1n) is 9.16. The van der Waals surface area contributed by atoms with Gasteiger partial charge in [-0.15, -0.1) is 0 Å². The van der Waals surface area contributed by atoms with Crippen molar-refractivity contribution in [2.24, 2.45) is 5.41 Å². The number of hydrogen-bond donors (Lipinski definition) is 2. The van der Waals surface area contributed by atoms with Crippen molar-refractivity contribution in [2.45, 2.75) is 39.7 Å². The number of ether oxygens (including phenoxy) is 1. The SMILES string of the molecule is CC(C)(C)CN1CCNC(=O)C1CC(=O)NCCCOc1cccnc1. The lowest BCUT2D eigenvalue weighted by Gasteiger charge is -2.38. The van der Waals surface area contributed by atoms with Gasteiger partial charge >= 0.3 is 0 Å². The van der Waals surface area contributed by atoms with E-state index in [1.165, 1.54) is 0 Å². The fourth-order valence-electron chi connectivity index (χ4n) is 2.95. The zero-order valence-electron chi connectivity index (χ0n) is 16.0. The molecule has 1 aromatic rings. The van der Waals surface area contributed by atoms with Gasteiger partial charge in [-0.1, -0.05) is 20.8 Å². The Kier molecular flexibility index (Phi) is 7.38. The van der Waals surface area contributed by atoms with Gasteiger partial charge in [0.15, 0.2) is 0 Å². The van der Waals surface area contributed by atoms with Gasteiger partial charge in [0.25, 0.3) is 0 Å². The van der Waals surface area contributed by atoms with Gasteiger partial charge in [-0.25, -0.2) is 0 Å². The molecule has 1 aliphatic rings. The summed E-state index contributed by atoms with van der Waals surface area (Å²) in [6.45, 7) is 9.64. The Morgan fingerprint density at radius 1 is 1.46 bits per heavy atom. The lowest BCUT2D eigenvalue weighted by atomic mass is 9.94. The molecule has 0 aliphatic carbocycles. The van der Waals surface area contributed by atoms with Crippen molar-refractivity contribution in [2.75, 3.05) is 32.8 Å². The van der Waals surface area contributed by atoms with Crippen LogP contribution in [0, 0.1) is 5.41 Å². The Morgan fingerprint density at radius 3 is 2.96 bits per heavy atom. The number of nitrogens with one attached hydrogen (secondary N) is 2. The van der Waals surface area contributed by atoms with E-state index in [9.17, 15) is 9.59 Å². The van der Waals surface area contributed by atoms with Gasteiger partial charge in [0, 0.05) is 32.4 Å². The van der Waals surface area contributed by atoms with Crippen molar-refractivity contribution in [3.63, 3.8) is 0 Å². The van der Waals surface area contributed by atoms with Crippen LogP contribution in [-0.4, -0.2) is 60.5 Å². The normalized spacial score (nSPS) is 18.3. The summed E-state index contributed by atoms with van der Waals surface area (Å²) in [4.78, 5) is 30.5. The summed E-state index contributed by atoms with van der Waals surface area (Å²) in [6, 6.07) is 3.27. The van der Waals surface area contributed by atoms with Gasteiger partial charge in [-0.3, -0.25) is 19.5 Å². The number of hydrogen-bond acceptors (Lipinski definition) is 5. The number of piperazine rings is 1. The summed E-state index contributed by atoms with van der Waals surface area (Å²) in [7, 11) is 0. The molecule has 2 amide bonds. The van der Waals surface area contributed by atoms with E-state index in [0.29, 0.717) is 26.1 Å². The minimum atomic E-state index is -0.394. The molecule has 144 valence electrons. The van der Waals surface area contributed by atoms with Gasteiger partial charge < -0.3 is 15.4 Å². The van der Waals surface area contributed by atoms with Crippen molar-refractivity contribution in [1.82, 2.24) is 20.5 Å². The molecule has 1 aliphatic heterocycles. The molecule has 1 aromatic heterocycles. The van der Waals surface area contributed by atoms with Crippen molar-refractivity contribution < 1.29 is 14.3 Å². The predicted octanol–water partition coefficient (Wildman–Crippen LogP) is 1.20. The minimum absolute atomic E-state index is 0.0597. The van der Waals surface area contributed by atoms with E-state index in [1.807, 2.05) is 12.1 Å². The Hall–Kier alpha value is -2.15. The highest BCUT2D eigenvalue weighted by molar-refractivity contribution is 5.88. The van der Waals surface area contributed by atoms with Gasteiger partial charge in [-0.2, -0.15) is 0 Å². The Bertz CT molecular complexity index is 586. The summed E-state index contributed by atoms with van der Waals surface area (Å²) >= 11 is 0. The number of amides is 2. The van der Waals surface area contributed by atoms with Crippen molar-refractivity contribution >= 4 is 11.8 Å². The maximum Gasteiger partial charge on any atom is 0.237 e. The minimum Gasteiger partial charge on any atom is -0.492 e. The fraction of sp³-hybridized carbons (Fsp3) is 0.632. The fourth-order valence-corrected chi connectivity index (χ4v) is 2.95. The van der Waals surface area contributed by atoms with Crippen molar-refractivity contribution in [3.8, 4) is 5.75 Å². The molecule has 2 rings (SSSR count). The highest BCUT2D eigenvalue weighted by atomic mass is 16.5. The topological polar surface area (TPSA) is 83.6 Å². The predicted molar refractivity (Wildman–Crippen MR) is 99.8 cm³/mol. The van der Waals surface area contributed by atoms with Crippen LogP contribution in [0.5, 0.6) is 5.75 Å². The third-order valence-corrected chi connectivity index (χ3v) is 4.04. The molecular formula is C19H30N4O3. The lowest BCUT2D eigenvalue weighted by Crippen LogP contribution is -2.58. The zero-order valence-corrected chi connectivity index (χ0v) is 16.0. The van der Waals surface area contributed by atoms with E-state index in [-0.39, 0.29) is 23.7 Å². The van der Waals surface area contributed by atoms with Gasteiger partial charge in [0.1, 0.15) is 5.75 Å². The number of carbonyl (C=O) groups is 2. The third kappa shape index (κ3) is 7.00.